The minimum absolute atomic E-state index is 0.329. The van der Waals surface area contributed by atoms with Gasteiger partial charge in [-0.3, -0.25) is 4.90 Å². The maximum atomic E-state index is 5.35. The fourth-order valence-corrected chi connectivity index (χ4v) is 1.61. The van der Waals surface area contributed by atoms with Crippen molar-refractivity contribution in [1.82, 2.24) is 4.90 Å². The molecule has 62 valence electrons. The molecule has 0 aliphatic carbocycles. The number of likely N-dealkylation sites (N-methyl/N-ethyl adjacent to an activating group) is 1. The van der Waals surface area contributed by atoms with Crippen molar-refractivity contribution in [2.24, 2.45) is 0 Å². The molecule has 2 heteroatoms. The zero-order chi connectivity index (χ0) is 8.27. The van der Waals surface area contributed by atoms with E-state index in [2.05, 4.69) is 17.9 Å². The van der Waals surface area contributed by atoms with Crippen molar-refractivity contribution in [1.29, 1.82) is 0 Å². The van der Waals surface area contributed by atoms with Gasteiger partial charge in [0, 0.05) is 13.2 Å². The molecule has 0 amide bonds. The van der Waals surface area contributed by atoms with E-state index in [1.807, 2.05) is 0 Å². The number of hydrogen-bond donors (Lipinski definition) is 0. The first-order valence-corrected chi connectivity index (χ1v) is 3.96. The van der Waals surface area contributed by atoms with Crippen LogP contribution in [-0.4, -0.2) is 37.7 Å². The van der Waals surface area contributed by atoms with Crippen LogP contribution in [0.25, 0.3) is 0 Å². The minimum Gasteiger partial charge on any atom is -0.383 e. The molecule has 1 aliphatic heterocycles. The molecule has 1 fully saturated rings. The second kappa shape index (κ2) is 3.75. The number of nitrogens with zero attached hydrogens (tertiary/aromatic N) is 1. The fraction of sp³-hybridized carbons (Fsp3) is 0.778. The number of likely N-dealkylation sites (tertiary alicyclic amines) is 1. The van der Waals surface area contributed by atoms with Gasteiger partial charge in [0.2, 0.25) is 0 Å². The molecule has 0 N–H and O–H groups in total. The molecule has 0 radical (unpaired) electrons. The van der Waals surface area contributed by atoms with Gasteiger partial charge in [-0.2, -0.15) is 0 Å². The van der Waals surface area contributed by atoms with Crippen molar-refractivity contribution in [2.75, 3.05) is 20.8 Å². The van der Waals surface area contributed by atoms with Gasteiger partial charge in [0.1, 0.15) is 0 Å². The lowest BCUT2D eigenvalue weighted by Crippen LogP contribution is -2.34. The third-order valence-corrected chi connectivity index (χ3v) is 2.39. The number of terminal acetylenes is 1. The molecule has 11 heavy (non-hydrogen) atoms. The van der Waals surface area contributed by atoms with Crippen LogP contribution >= 0.6 is 0 Å². The van der Waals surface area contributed by atoms with Crippen LogP contribution in [0.3, 0.4) is 0 Å². The summed E-state index contributed by atoms with van der Waals surface area (Å²) >= 11 is 0. The van der Waals surface area contributed by atoms with Gasteiger partial charge < -0.3 is 4.74 Å². The number of hydrogen-bond acceptors (Lipinski definition) is 2. The molecule has 1 rings (SSSR count). The molecule has 0 spiro atoms. The van der Waals surface area contributed by atoms with Crippen molar-refractivity contribution < 1.29 is 4.74 Å². The summed E-state index contributed by atoms with van der Waals surface area (Å²) in [5.41, 5.74) is 0. The van der Waals surface area contributed by atoms with Crippen LogP contribution in [-0.2, 0) is 4.74 Å². The number of methoxy groups -OCH3 is 1. The predicted octanol–water partition coefficient (Wildman–Crippen LogP) is 0.729. The van der Waals surface area contributed by atoms with Crippen molar-refractivity contribution in [3.63, 3.8) is 0 Å². The van der Waals surface area contributed by atoms with E-state index in [9.17, 15) is 0 Å². The van der Waals surface area contributed by atoms with Crippen LogP contribution in [0.5, 0.6) is 0 Å². The molecular weight excluding hydrogens is 138 g/mol. The summed E-state index contributed by atoms with van der Waals surface area (Å²) in [6, 6.07) is 0.858. The molecule has 1 saturated heterocycles. The number of ether oxygens (including phenoxy) is 1. The van der Waals surface area contributed by atoms with Crippen molar-refractivity contribution in [3.8, 4) is 12.3 Å². The molecule has 0 unspecified atom stereocenters. The topological polar surface area (TPSA) is 12.5 Å². The van der Waals surface area contributed by atoms with Gasteiger partial charge in [-0.1, -0.05) is 5.92 Å². The molecule has 0 aromatic carbocycles. The lowest BCUT2D eigenvalue weighted by Gasteiger charge is -2.21. The first-order valence-electron chi connectivity index (χ1n) is 3.96. The average molecular weight is 153 g/mol. The van der Waals surface area contributed by atoms with E-state index in [0.717, 1.165) is 13.0 Å². The van der Waals surface area contributed by atoms with Gasteiger partial charge in [-0.05, 0) is 19.9 Å². The molecule has 0 saturated carbocycles. The quantitative estimate of drug-likeness (QED) is 0.542. The predicted molar refractivity (Wildman–Crippen MR) is 45.3 cm³/mol. The third kappa shape index (κ3) is 1.74. The summed E-state index contributed by atoms with van der Waals surface area (Å²) in [7, 11) is 3.80. The van der Waals surface area contributed by atoms with Crippen LogP contribution < -0.4 is 0 Å². The Kier molecular flexibility index (Phi) is 2.92. The SMILES string of the molecule is C#C[C@@H]1CC[C@@H](COC)N1C. The summed E-state index contributed by atoms with van der Waals surface area (Å²) in [5.74, 6) is 2.77. The largest absolute Gasteiger partial charge is 0.383 e. The van der Waals surface area contributed by atoms with Crippen molar-refractivity contribution in [2.45, 2.75) is 24.9 Å². The second-order valence-corrected chi connectivity index (χ2v) is 3.03. The normalized spacial score (nSPS) is 32.1. The van der Waals surface area contributed by atoms with Gasteiger partial charge in [-0.25, -0.2) is 0 Å². The highest BCUT2D eigenvalue weighted by atomic mass is 16.5. The zero-order valence-corrected chi connectivity index (χ0v) is 7.21. The van der Waals surface area contributed by atoms with E-state index in [1.165, 1.54) is 6.42 Å². The summed E-state index contributed by atoms with van der Waals surface area (Å²) in [4.78, 5) is 2.23. The molecule has 1 aliphatic rings. The lowest BCUT2D eigenvalue weighted by molar-refractivity contribution is 0.122. The maximum Gasteiger partial charge on any atom is 0.0713 e. The first kappa shape index (κ1) is 8.58. The Morgan fingerprint density at radius 3 is 2.82 bits per heavy atom. The van der Waals surface area contributed by atoms with Crippen LogP contribution in [0.1, 0.15) is 12.8 Å². The highest BCUT2D eigenvalue weighted by molar-refractivity contribution is 5.04. The Balaban J connectivity index is 2.43. The van der Waals surface area contributed by atoms with Crippen molar-refractivity contribution >= 4 is 0 Å². The molecule has 2 atom stereocenters. The molecule has 0 aromatic rings. The smallest absolute Gasteiger partial charge is 0.0713 e. The van der Waals surface area contributed by atoms with Crippen LogP contribution in [0.15, 0.2) is 0 Å². The minimum atomic E-state index is 0.329. The van der Waals surface area contributed by atoms with E-state index in [1.54, 1.807) is 7.11 Å². The van der Waals surface area contributed by atoms with E-state index >= 15 is 0 Å². The summed E-state index contributed by atoms with van der Waals surface area (Å²) in [5, 5.41) is 0. The van der Waals surface area contributed by atoms with Gasteiger partial charge in [0.05, 0.1) is 12.6 Å². The Morgan fingerprint density at radius 1 is 1.64 bits per heavy atom. The molecule has 0 bridgehead atoms. The molecule has 0 aromatic heterocycles. The highest BCUT2D eigenvalue weighted by Crippen LogP contribution is 2.21. The third-order valence-electron chi connectivity index (χ3n) is 2.39. The summed E-state index contributed by atoms with van der Waals surface area (Å²) in [6.07, 6.45) is 7.63. The standard InChI is InChI=1S/C9H15NO/c1-4-8-5-6-9(7-11-3)10(8)2/h1,8-9H,5-7H2,2-3H3/t8-,9+/m1/s1. The van der Waals surface area contributed by atoms with E-state index in [4.69, 9.17) is 11.2 Å². The van der Waals surface area contributed by atoms with E-state index in [0.29, 0.717) is 12.1 Å². The Labute approximate surface area is 68.5 Å². The highest BCUT2D eigenvalue weighted by Gasteiger charge is 2.28. The van der Waals surface area contributed by atoms with Crippen LogP contribution in [0.4, 0.5) is 0 Å². The average Bonchev–Trinajstić information content (AvgIpc) is 2.34. The summed E-state index contributed by atoms with van der Waals surface area (Å²) < 4.78 is 5.08. The lowest BCUT2D eigenvalue weighted by atomic mass is 10.2. The maximum absolute atomic E-state index is 5.35. The molecule has 2 nitrogen and oxygen atoms in total. The Hall–Kier alpha value is -0.520. The van der Waals surface area contributed by atoms with Gasteiger partial charge in [-0.15, -0.1) is 6.42 Å². The van der Waals surface area contributed by atoms with E-state index < -0.39 is 0 Å². The second-order valence-electron chi connectivity index (χ2n) is 3.03. The van der Waals surface area contributed by atoms with E-state index in [-0.39, 0.29) is 0 Å². The monoisotopic (exact) mass is 153 g/mol. The van der Waals surface area contributed by atoms with Crippen molar-refractivity contribution in [3.05, 3.63) is 0 Å². The Morgan fingerprint density at radius 2 is 2.36 bits per heavy atom. The number of rotatable bonds is 2. The van der Waals surface area contributed by atoms with Gasteiger partial charge in [0.15, 0.2) is 0 Å². The van der Waals surface area contributed by atoms with Gasteiger partial charge in [0.25, 0.3) is 0 Å². The first-order chi connectivity index (χ1) is 5.29. The van der Waals surface area contributed by atoms with Gasteiger partial charge >= 0.3 is 0 Å². The summed E-state index contributed by atoms with van der Waals surface area (Å²) in [6.45, 7) is 0.800. The fourth-order valence-electron chi connectivity index (χ4n) is 1.61. The van der Waals surface area contributed by atoms with Crippen LogP contribution in [0, 0.1) is 12.3 Å². The van der Waals surface area contributed by atoms with Crippen LogP contribution in [0.2, 0.25) is 0 Å². The zero-order valence-electron chi connectivity index (χ0n) is 7.21. The molecular formula is C9H15NO. The Bertz CT molecular complexity index is 161. The molecule has 1 heterocycles.